The Hall–Kier alpha value is -1.10. The quantitative estimate of drug-likeness (QED) is 0.795. The molecule has 1 aliphatic carbocycles. The summed E-state index contributed by atoms with van der Waals surface area (Å²) in [6.45, 7) is 3.81. The van der Waals surface area contributed by atoms with E-state index in [1.54, 1.807) is 11.9 Å². The van der Waals surface area contributed by atoms with E-state index in [1.165, 1.54) is 0 Å². The molecule has 0 aromatic heterocycles. The smallest absolute Gasteiger partial charge is 0.305 e. The number of carboxylic acid groups (broad SMARTS) is 1. The molecule has 3 N–H and O–H groups in total. The van der Waals surface area contributed by atoms with Crippen molar-refractivity contribution < 1.29 is 14.7 Å². The van der Waals surface area contributed by atoms with Crippen molar-refractivity contribution in [2.75, 3.05) is 7.05 Å². The Bertz CT molecular complexity index is 336. The molecule has 0 saturated heterocycles. The van der Waals surface area contributed by atoms with Crippen LogP contribution in [-0.4, -0.2) is 40.5 Å². The van der Waals surface area contributed by atoms with E-state index in [1.807, 2.05) is 13.8 Å². The van der Waals surface area contributed by atoms with Crippen LogP contribution >= 0.6 is 0 Å². The first-order chi connectivity index (χ1) is 8.80. The van der Waals surface area contributed by atoms with E-state index >= 15 is 0 Å². The third-order valence-electron chi connectivity index (χ3n) is 4.31. The summed E-state index contributed by atoms with van der Waals surface area (Å²) >= 11 is 0. The van der Waals surface area contributed by atoms with Crippen molar-refractivity contribution in [3.05, 3.63) is 0 Å². The van der Waals surface area contributed by atoms with Crippen LogP contribution < -0.4 is 5.73 Å². The number of nitrogens with two attached hydrogens (primary N) is 1. The number of likely N-dealkylation sites (N-methyl/N-ethyl adjacent to an activating group) is 1. The van der Waals surface area contributed by atoms with Crippen molar-refractivity contribution in [1.82, 2.24) is 4.90 Å². The van der Waals surface area contributed by atoms with Gasteiger partial charge in [0.25, 0.3) is 0 Å². The molecule has 19 heavy (non-hydrogen) atoms. The van der Waals surface area contributed by atoms with Crippen LogP contribution in [0, 0.1) is 5.92 Å². The van der Waals surface area contributed by atoms with E-state index in [9.17, 15) is 9.59 Å². The first kappa shape index (κ1) is 16.0. The predicted molar refractivity (Wildman–Crippen MR) is 73.7 cm³/mol. The first-order valence-corrected chi connectivity index (χ1v) is 7.05. The van der Waals surface area contributed by atoms with Gasteiger partial charge in [-0.25, -0.2) is 0 Å². The van der Waals surface area contributed by atoms with Crippen molar-refractivity contribution >= 4 is 11.9 Å². The summed E-state index contributed by atoms with van der Waals surface area (Å²) in [6.07, 6.45) is 4.59. The van der Waals surface area contributed by atoms with Gasteiger partial charge >= 0.3 is 5.97 Å². The van der Waals surface area contributed by atoms with Gasteiger partial charge in [0.15, 0.2) is 0 Å². The molecule has 5 heteroatoms. The maximum Gasteiger partial charge on any atom is 0.305 e. The van der Waals surface area contributed by atoms with Gasteiger partial charge in [-0.1, -0.05) is 33.1 Å². The maximum atomic E-state index is 12.4. The molecular weight excluding hydrogens is 244 g/mol. The minimum absolute atomic E-state index is 0.0139. The monoisotopic (exact) mass is 270 g/mol. The summed E-state index contributed by atoms with van der Waals surface area (Å²) < 4.78 is 0. The molecule has 1 fully saturated rings. The fourth-order valence-corrected chi connectivity index (χ4v) is 2.86. The lowest BCUT2D eigenvalue weighted by Gasteiger charge is -2.45. The number of rotatable bonds is 5. The van der Waals surface area contributed by atoms with Gasteiger partial charge in [0.1, 0.15) is 0 Å². The Morgan fingerprint density at radius 3 is 2.21 bits per heavy atom. The van der Waals surface area contributed by atoms with E-state index < -0.39 is 17.6 Å². The van der Waals surface area contributed by atoms with Crippen LogP contribution in [0.1, 0.15) is 52.4 Å². The molecule has 0 radical (unpaired) electrons. The fraction of sp³-hybridized carbons (Fsp3) is 0.857. The molecule has 110 valence electrons. The highest BCUT2D eigenvalue weighted by molar-refractivity contribution is 5.83. The molecule has 0 aromatic carbocycles. The zero-order valence-corrected chi connectivity index (χ0v) is 12.2. The summed E-state index contributed by atoms with van der Waals surface area (Å²) in [5, 5.41) is 9.14. The van der Waals surface area contributed by atoms with Gasteiger partial charge in [0.05, 0.1) is 18.0 Å². The second kappa shape index (κ2) is 6.37. The minimum Gasteiger partial charge on any atom is -0.481 e. The Morgan fingerprint density at radius 2 is 1.79 bits per heavy atom. The van der Waals surface area contributed by atoms with Gasteiger partial charge in [-0.05, 0) is 18.8 Å². The number of carbonyl (C=O) groups excluding carboxylic acids is 1. The number of carboxylic acids is 1. The van der Waals surface area contributed by atoms with Crippen LogP contribution in [0.25, 0.3) is 0 Å². The second-order valence-corrected chi connectivity index (χ2v) is 6.02. The lowest BCUT2D eigenvalue weighted by atomic mass is 9.77. The van der Waals surface area contributed by atoms with Gasteiger partial charge in [-0.2, -0.15) is 0 Å². The Morgan fingerprint density at radius 1 is 1.26 bits per heavy atom. The topological polar surface area (TPSA) is 83.6 Å². The van der Waals surface area contributed by atoms with E-state index in [0.717, 1.165) is 32.1 Å². The normalized spacial score (nSPS) is 20.1. The molecule has 0 heterocycles. The lowest BCUT2D eigenvalue weighted by molar-refractivity contribution is -0.147. The molecule has 1 aliphatic rings. The summed E-state index contributed by atoms with van der Waals surface area (Å²) in [5.74, 6) is -0.932. The Balaban J connectivity index is 2.90. The van der Waals surface area contributed by atoms with Crippen molar-refractivity contribution in [1.29, 1.82) is 0 Å². The molecule has 1 amide bonds. The molecule has 0 spiro atoms. The number of nitrogens with zero attached hydrogens (tertiary/aromatic N) is 1. The summed E-state index contributed by atoms with van der Waals surface area (Å²) in [5.41, 5.74) is 5.37. The number of carbonyl (C=O) groups is 2. The summed E-state index contributed by atoms with van der Waals surface area (Å²) in [7, 11) is 1.71. The molecular formula is C14H26N2O3. The lowest BCUT2D eigenvalue weighted by Crippen LogP contribution is -2.57. The highest BCUT2D eigenvalue weighted by atomic mass is 16.4. The van der Waals surface area contributed by atoms with Crippen LogP contribution in [0.5, 0.6) is 0 Å². The summed E-state index contributed by atoms with van der Waals surface area (Å²) in [6, 6.07) is -0.558. The number of amides is 1. The average Bonchev–Trinajstić information content (AvgIpc) is 2.36. The minimum atomic E-state index is -0.848. The molecule has 0 aliphatic heterocycles. The molecule has 5 nitrogen and oxygen atoms in total. The van der Waals surface area contributed by atoms with Crippen LogP contribution in [0.2, 0.25) is 0 Å². The van der Waals surface area contributed by atoms with Crippen molar-refractivity contribution in [3.8, 4) is 0 Å². The molecule has 0 bridgehead atoms. The van der Waals surface area contributed by atoms with Crippen LogP contribution in [0.15, 0.2) is 0 Å². The average molecular weight is 270 g/mol. The largest absolute Gasteiger partial charge is 0.481 e. The Labute approximate surface area is 115 Å². The molecule has 1 saturated carbocycles. The highest BCUT2D eigenvalue weighted by Crippen LogP contribution is 2.36. The SMILES string of the molecule is CC(C)[C@@H](N)C(=O)N(C)C1(CC(=O)O)CCCCC1. The predicted octanol–water partition coefficient (Wildman–Crippen LogP) is 1.61. The molecule has 1 atom stereocenters. The zero-order chi connectivity index (χ0) is 14.6. The molecule has 0 aromatic rings. The van der Waals surface area contributed by atoms with E-state index in [2.05, 4.69) is 0 Å². The third-order valence-corrected chi connectivity index (χ3v) is 4.31. The third kappa shape index (κ3) is 3.69. The number of aliphatic carboxylic acids is 1. The van der Waals surface area contributed by atoms with E-state index in [4.69, 9.17) is 10.8 Å². The standard InChI is InChI=1S/C14H26N2O3/c1-10(2)12(15)13(19)16(3)14(9-11(17)18)7-5-4-6-8-14/h10,12H,4-9,15H2,1-3H3,(H,17,18)/t12-/m1/s1. The van der Waals surface area contributed by atoms with Crippen LogP contribution in [0.4, 0.5) is 0 Å². The summed E-state index contributed by atoms with van der Waals surface area (Å²) in [4.78, 5) is 25.1. The fourth-order valence-electron chi connectivity index (χ4n) is 2.86. The van der Waals surface area contributed by atoms with Crippen molar-refractivity contribution in [2.45, 2.75) is 64.0 Å². The van der Waals surface area contributed by atoms with Gasteiger partial charge in [-0.3, -0.25) is 9.59 Å². The van der Waals surface area contributed by atoms with Gasteiger partial charge in [0, 0.05) is 7.05 Å². The number of hydrogen-bond donors (Lipinski definition) is 2. The van der Waals surface area contributed by atoms with Crippen molar-refractivity contribution in [2.24, 2.45) is 11.7 Å². The first-order valence-electron chi connectivity index (χ1n) is 7.05. The van der Waals surface area contributed by atoms with Crippen LogP contribution in [-0.2, 0) is 9.59 Å². The number of hydrogen-bond acceptors (Lipinski definition) is 3. The zero-order valence-electron chi connectivity index (χ0n) is 12.2. The van der Waals surface area contributed by atoms with Gasteiger partial charge < -0.3 is 15.7 Å². The van der Waals surface area contributed by atoms with E-state index in [-0.39, 0.29) is 18.2 Å². The Kier molecular flexibility index (Phi) is 5.35. The molecule has 1 rings (SSSR count). The van der Waals surface area contributed by atoms with Crippen molar-refractivity contribution in [3.63, 3.8) is 0 Å². The van der Waals surface area contributed by atoms with Gasteiger partial charge in [0.2, 0.25) is 5.91 Å². The van der Waals surface area contributed by atoms with Crippen LogP contribution in [0.3, 0.4) is 0 Å². The second-order valence-electron chi connectivity index (χ2n) is 6.02. The maximum absolute atomic E-state index is 12.4. The van der Waals surface area contributed by atoms with E-state index in [0.29, 0.717) is 0 Å². The highest BCUT2D eigenvalue weighted by Gasteiger charge is 2.41. The molecule has 0 unspecified atom stereocenters. The van der Waals surface area contributed by atoms with Gasteiger partial charge in [-0.15, -0.1) is 0 Å².